The van der Waals surface area contributed by atoms with E-state index in [2.05, 4.69) is 19.2 Å². The second-order valence-electron chi connectivity index (χ2n) is 21.8. The molecule has 0 aliphatic carbocycles. The first-order valence-corrected chi connectivity index (χ1v) is 31.3. The summed E-state index contributed by atoms with van der Waals surface area (Å²) < 4.78 is 5.49. The number of hydrogen-bond acceptors (Lipinski definition) is 5. The van der Waals surface area contributed by atoms with Gasteiger partial charge in [0.25, 0.3) is 0 Å². The number of esters is 1. The first-order chi connectivity index (χ1) is 33.5. The smallest absolute Gasteiger partial charge is 0.305 e. The van der Waals surface area contributed by atoms with Gasteiger partial charge in [0, 0.05) is 12.8 Å². The second-order valence-corrected chi connectivity index (χ2v) is 21.8. The van der Waals surface area contributed by atoms with Crippen LogP contribution in [0.3, 0.4) is 0 Å². The lowest BCUT2D eigenvalue weighted by Gasteiger charge is -2.22. The Bertz CT molecular complexity index is 975. The lowest BCUT2D eigenvalue weighted by Crippen LogP contribution is -2.45. The van der Waals surface area contributed by atoms with Crippen molar-refractivity contribution in [3.8, 4) is 0 Å². The number of carbonyl (C=O) groups is 2. The zero-order valence-corrected chi connectivity index (χ0v) is 46.4. The van der Waals surface area contributed by atoms with Crippen molar-refractivity contribution in [3.63, 3.8) is 0 Å². The highest BCUT2D eigenvalue weighted by atomic mass is 16.5. The Balaban J connectivity index is 3.38. The van der Waals surface area contributed by atoms with Crippen LogP contribution >= 0.6 is 0 Å². The molecule has 0 heterocycles. The summed E-state index contributed by atoms with van der Waals surface area (Å²) in [4.78, 5) is 24.6. The Labute approximate surface area is 426 Å². The summed E-state index contributed by atoms with van der Waals surface area (Å²) in [7, 11) is 0. The molecule has 0 saturated heterocycles. The van der Waals surface area contributed by atoms with Crippen molar-refractivity contribution in [1.82, 2.24) is 5.32 Å². The van der Waals surface area contributed by atoms with E-state index in [1.807, 2.05) is 0 Å². The van der Waals surface area contributed by atoms with Gasteiger partial charge in [-0.3, -0.25) is 9.59 Å². The normalized spacial score (nSPS) is 12.5. The molecule has 0 radical (unpaired) electrons. The Kier molecular flexibility index (Phi) is 57.5. The Morgan fingerprint density at radius 1 is 0.353 bits per heavy atom. The van der Waals surface area contributed by atoms with Crippen LogP contribution in [0.15, 0.2) is 0 Å². The fourth-order valence-electron chi connectivity index (χ4n) is 10.1. The number of nitrogens with one attached hydrogen (secondary N) is 1. The van der Waals surface area contributed by atoms with E-state index in [0.29, 0.717) is 25.9 Å². The van der Waals surface area contributed by atoms with Crippen LogP contribution in [0.1, 0.15) is 361 Å². The Morgan fingerprint density at radius 2 is 0.603 bits per heavy atom. The molecule has 0 aliphatic rings. The fraction of sp³-hybridized carbons (Fsp3) is 0.968. The van der Waals surface area contributed by atoms with E-state index in [1.54, 1.807) is 0 Å². The van der Waals surface area contributed by atoms with Gasteiger partial charge >= 0.3 is 5.97 Å². The molecule has 3 N–H and O–H groups in total. The van der Waals surface area contributed by atoms with Gasteiger partial charge in [-0.1, -0.05) is 322 Å². The van der Waals surface area contributed by atoms with Crippen LogP contribution in [0.5, 0.6) is 0 Å². The van der Waals surface area contributed by atoms with E-state index in [4.69, 9.17) is 4.74 Å². The predicted octanol–water partition coefficient (Wildman–Crippen LogP) is 19.5. The maximum atomic E-state index is 12.5. The standard InChI is InChI=1S/C62H123NO5/c1-3-5-7-9-11-13-15-17-19-23-26-30-34-38-42-46-50-54-60(65)59(58-64)63-61(66)55-51-47-43-39-35-31-27-24-21-22-25-29-33-37-41-45-49-53-57-68-62(67)56-52-48-44-40-36-32-28-20-18-16-14-12-10-8-6-4-2/h59-60,64-65H,3-58H2,1-2H3,(H,63,66). The van der Waals surface area contributed by atoms with Crippen LogP contribution in [0.4, 0.5) is 0 Å². The average molecular weight is 963 g/mol. The third-order valence-corrected chi connectivity index (χ3v) is 14.9. The predicted molar refractivity (Wildman–Crippen MR) is 297 cm³/mol. The quantitative estimate of drug-likeness (QED) is 0.0417. The minimum Gasteiger partial charge on any atom is -0.466 e. The molecule has 0 rings (SSSR count). The van der Waals surface area contributed by atoms with Crippen molar-refractivity contribution in [2.75, 3.05) is 13.2 Å². The van der Waals surface area contributed by atoms with Crippen molar-refractivity contribution < 1.29 is 24.5 Å². The number of aliphatic hydroxyl groups is 2. The van der Waals surface area contributed by atoms with Gasteiger partial charge in [-0.15, -0.1) is 0 Å². The molecule has 2 atom stereocenters. The van der Waals surface area contributed by atoms with Crippen LogP contribution in [0.2, 0.25) is 0 Å². The molecule has 0 aromatic carbocycles. The Hall–Kier alpha value is -1.14. The summed E-state index contributed by atoms with van der Waals surface area (Å²) in [5.74, 6) is -0.0230. The van der Waals surface area contributed by atoms with Crippen LogP contribution in [0.25, 0.3) is 0 Å². The van der Waals surface area contributed by atoms with Gasteiger partial charge in [0.15, 0.2) is 0 Å². The molecule has 0 aromatic heterocycles. The minimum absolute atomic E-state index is 0.0120. The average Bonchev–Trinajstić information content (AvgIpc) is 3.34. The van der Waals surface area contributed by atoms with E-state index >= 15 is 0 Å². The molecule has 0 bridgehead atoms. The van der Waals surface area contributed by atoms with Crippen molar-refractivity contribution in [3.05, 3.63) is 0 Å². The van der Waals surface area contributed by atoms with Gasteiger partial charge in [-0.2, -0.15) is 0 Å². The summed E-state index contributed by atoms with van der Waals surface area (Å²) in [5.41, 5.74) is 0. The second kappa shape index (κ2) is 58.4. The van der Waals surface area contributed by atoms with E-state index < -0.39 is 12.1 Å². The van der Waals surface area contributed by atoms with Crippen LogP contribution in [0, 0.1) is 0 Å². The fourth-order valence-corrected chi connectivity index (χ4v) is 10.1. The number of rotatable bonds is 59. The number of hydrogen-bond donors (Lipinski definition) is 3. The van der Waals surface area contributed by atoms with E-state index in [0.717, 1.165) is 38.5 Å². The van der Waals surface area contributed by atoms with Gasteiger partial charge in [0.1, 0.15) is 0 Å². The number of unbranched alkanes of at least 4 members (excludes halogenated alkanes) is 48. The first kappa shape index (κ1) is 66.9. The molecular formula is C62H123NO5. The third kappa shape index (κ3) is 54.2. The molecule has 68 heavy (non-hydrogen) atoms. The molecule has 0 aliphatic heterocycles. The van der Waals surface area contributed by atoms with Crippen molar-refractivity contribution in [2.24, 2.45) is 0 Å². The SMILES string of the molecule is CCCCCCCCCCCCCCCCCCCC(O)C(CO)NC(=O)CCCCCCCCCCCCCCCCCCCCOC(=O)CCCCCCCCCCCCCCCCCC. The molecule has 2 unspecified atom stereocenters. The Morgan fingerprint density at radius 3 is 0.897 bits per heavy atom. The highest BCUT2D eigenvalue weighted by Crippen LogP contribution is 2.19. The molecule has 6 heteroatoms. The summed E-state index contributed by atoms with van der Waals surface area (Å²) in [6.45, 7) is 4.98. The molecule has 0 aromatic rings. The van der Waals surface area contributed by atoms with Gasteiger partial charge in [0.05, 0.1) is 25.4 Å². The molecule has 6 nitrogen and oxygen atoms in total. The number of aliphatic hydroxyl groups excluding tert-OH is 2. The van der Waals surface area contributed by atoms with Gasteiger partial charge < -0.3 is 20.3 Å². The summed E-state index contributed by atoms with van der Waals surface area (Å²) in [6, 6.07) is -0.543. The number of amides is 1. The van der Waals surface area contributed by atoms with E-state index in [-0.39, 0.29) is 18.5 Å². The highest BCUT2D eigenvalue weighted by molar-refractivity contribution is 5.76. The molecular weight excluding hydrogens is 839 g/mol. The molecule has 1 amide bonds. The van der Waals surface area contributed by atoms with Crippen molar-refractivity contribution >= 4 is 11.9 Å². The highest BCUT2D eigenvalue weighted by Gasteiger charge is 2.20. The van der Waals surface area contributed by atoms with E-state index in [1.165, 1.54) is 289 Å². The lowest BCUT2D eigenvalue weighted by atomic mass is 10.0. The minimum atomic E-state index is -0.666. The maximum Gasteiger partial charge on any atom is 0.305 e. The largest absolute Gasteiger partial charge is 0.466 e. The zero-order chi connectivity index (χ0) is 49.3. The summed E-state index contributed by atoms with van der Waals surface area (Å²) >= 11 is 0. The van der Waals surface area contributed by atoms with Crippen LogP contribution in [-0.2, 0) is 14.3 Å². The van der Waals surface area contributed by atoms with Crippen molar-refractivity contribution in [1.29, 1.82) is 0 Å². The first-order valence-electron chi connectivity index (χ1n) is 31.3. The van der Waals surface area contributed by atoms with E-state index in [9.17, 15) is 19.8 Å². The number of carbonyl (C=O) groups excluding carboxylic acids is 2. The number of ether oxygens (including phenoxy) is 1. The maximum absolute atomic E-state index is 12.5. The summed E-state index contributed by atoms with van der Waals surface area (Å²) in [6.07, 6.45) is 68.2. The van der Waals surface area contributed by atoms with Gasteiger partial charge in [0.2, 0.25) is 5.91 Å². The summed E-state index contributed by atoms with van der Waals surface area (Å²) in [5, 5.41) is 23.3. The van der Waals surface area contributed by atoms with Crippen LogP contribution < -0.4 is 5.32 Å². The zero-order valence-electron chi connectivity index (χ0n) is 46.4. The molecule has 406 valence electrons. The third-order valence-electron chi connectivity index (χ3n) is 14.9. The lowest BCUT2D eigenvalue weighted by molar-refractivity contribution is -0.143. The topological polar surface area (TPSA) is 95.9 Å². The van der Waals surface area contributed by atoms with Gasteiger partial charge in [-0.25, -0.2) is 0 Å². The van der Waals surface area contributed by atoms with Crippen molar-refractivity contribution in [2.45, 2.75) is 373 Å². The van der Waals surface area contributed by atoms with Crippen LogP contribution in [-0.4, -0.2) is 47.4 Å². The van der Waals surface area contributed by atoms with Gasteiger partial charge in [-0.05, 0) is 25.7 Å². The monoisotopic (exact) mass is 962 g/mol. The molecule has 0 saturated carbocycles. The molecule has 0 spiro atoms. The molecule has 0 fully saturated rings.